The van der Waals surface area contributed by atoms with Gasteiger partial charge in [-0.25, -0.2) is 0 Å². The first-order valence-corrected chi connectivity index (χ1v) is 6.87. The van der Waals surface area contributed by atoms with Gasteiger partial charge in [0.2, 0.25) is 0 Å². The average molecular weight is 236 g/mol. The first kappa shape index (κ1) is 12.6. The molecule has 1 saturated carbocycles. The Morgan fingerprint density at radius 1 is 1.29 bits per heavy atom. The lowest BCUT2D eigenvalue weighted by atomic mass is 9.83. The van der Waals surface area contributed by atoms with Crippen molar-refractivity contribution in [3.8, 4) is 0 Å². The van der Waals surface area contributed by atoms with Crippen LogP contribution in [0.25, 0.3) is 0 Å². The average Bonchev–Trinajstić information content (AvgIpc) is 2.67. The molecule has 3 nitrogen and oxygen atoms in total. The van der Waals surface area contributed by atoms with Crippen LogP contribution in [-0.2, 0) is 6.54 Å². The molecule has 1 heterocycles. The van der Waals surface area contributed by atoms with E-state index < -0.39 is 0 Å². The number of hydrogen-bond donors (Lipinski definition) is 1. The Balaban J connectivity index is 1.92. The van der Waals surface area contributed by atoms with Crippen molar-refractivity contribution in [3.05, 3.63) is 17.0 Å². The quantitative estimate of drug-likeness (QED) is 0.871. The Bertz CT molecular complexity index is 340. The summed E-state index contributed by atoms with van der Waals surface area (Å²) in [6, 6.07) is 0.683. The molecule has 2 unspecified atom stereocenters. The van der Waals surface area contributed by atoms with Crippen molar-refractivity contribution in [2.75, 3.05) is 0 Å². The molecule has 0 amide bonds. The van der Waals surface area contributed by atoms with Gasteiger partial charge < -0.3 is 9.84 Å². The van der Waals surface area contributed by atoms with Crippen LogP contribution < -0.4 is 5.32 Å². The Labute approximate surface area is 104 Å². The van der Waals surface area contributed by atoms with Crippen LogP contribution in [-0.4, -0.2) is 11.2 Å². The van der Waals surface area contributed by atoms with Crippen LogP contribution in [0.2, 0.25) is 0 Å². The van der Waals surface area contributed by atoms with E-state index in [0.717, 1.165) is 23.9 Å². The number of hydrogen-bond acceptors (Lipinski definition) is 3. The number of nitrogens with zero attached hydrogens (tertiary/aromatic N) is 1. The molecule has 1 aromatic heterocycles. The van der Waals surface area contributed by atoms with Crippen molar-refractivity contribution in [1.29, 1.82) is 0 Å². The molecular formula is C14H24N2O. The molecular weight excluding hydrogens is 212 g/mol. The SMILES string of the molecule is CCC1CCCCC1NCc1c(C)noc1C. The standard InChI is InChI=1S/C14H24N2O/c1-4-12-7-5-6-8-14(12)15-9-13-10(2)16-17-11(13)3/h12,14-15H,4-9H2,1-3H3. The van der Waals surface area contributed by atoms with E-state index in [1.165, 1.54) is 37.7 Å². The van der Waals surface area contributed by atoms with Crippen molar-refractivity contribution in [2.24, 2.45) is 5.92 Å². The smallest absolute Gasteiger partial charge is 0.138 e. The summed E-state index contributed by atoms with van der Waals surface area (Å²) in [5, 5.41) is 7.71. The first-order chi connectivity index (χ1) is 8.22. The number of rotatable bonds is 4. The molecule has 96 valence electrons. The predicted molar refractivity (Wildman–Crippen MR) is 68.9 cm³/mol. The highest BCUT2D eigenvalue weighted by molar-refractivity contribution is 5.20. The van der Waals surface area contributed by atoms with E-state index in [0.29, 0.717) is 6.04 Å². The molecule has 0 aliphatic heterocycles. The zero-order chi connectivity index (χ0) is 12.3. The minimum absolute atomic E-state index is 0.683. The summed E-state index contributed by atoms with van der Waals surface area (Å²) in [5.74, 6) is 1.81. The molecule has 2 rings (SSSR count). The van der Waals surface area contributed by atoms with Gasteiger partial charge >= 0.3 is 0 Å². The summed E-state index contributed by atoms with van der Waals surface area (Å²) < 4.78 is 5.20. The molecule has 0 aromatic carbocycles. The highest BCUT2D eigenvalue weighted by Gasteiger charge is 2.23. The van der Waals surface area contributed by atoms with E-state index in [1.54, 1.807) is 0 Å². The summed E-state index contributed by atoms with van der Waals surface area (Å²) >= 11 is 0. The molecule has 1 aliphatic rings. The van der Waals surface area contributed by atoms with Crippen LogP contribution >= 0.6 is 0 Å². The molecule has 3 heteroatoms. The molecule has 17 heavy (non-hydrogen) atoms. The number of nitrogens with one attached hydrogen (secondary N) is 1. The van der Waals surface area contributed by atoms with Crippen LogP contribution in [0.5, 0.6) is 0 Å². The van der Waals surface area contributed by atoms with Crippen molar-refractivity contribution < 1.29 is 4.52 Å². The third-order valence-corrected chi connectivity index (χ3v) is 4.16. The second-order valence-electron chi connectivity index (χ2n) is 5.24. The number of aromatic nitrogens is 1. The van der Waals surface area contributed by atoms with Crippen molar-refractivity contribution in [2.45, 2.75) is 65.5 Å². The molecule has 1 N–H and O–H groups in total. The highest BCUT2D eigenvalue weighted by atomic mass is 16.5. The third-order valence-electron chi connectivity index (χ3n) is 4.16. The molecule has 1 aliphatic carbocycles. The first-order valence-electron chi connectivity index (χ1n) is 6.87. The fourth-order valence-electron chi connectivity index (χ4n) is 2.95. The Morgan fingerprint density at radius 2 is 2.06 bits per heavy atom. The number of aryl methyl sites for hydroxylation is 2. The molecule has 0 bridgehead atoms. The van der Waals surface area contributed by atoms with Gasteiger partial charge in [-0.2, -0.15) is 0 Å². The zero-order valence-electron chi connectivity index (χ0n) is 11.3. The highest BCUT2D eigenvalue weighted by Crippen LogP contribution is 2.27. The summed E-state index contributed by atoms with van der Waals surface area (Å²) in [4.78, 5) is 0. The van der Waals surface area contributed by atoms with Crippen molar-refractivity contribution in [3.63, 3.8) is 0 Å². The van der Waals surface area contributed by atoms with Crippen LogP contribution in [0.1, 0.15) is 56.0 Å². The lowest BCUT2D eigenvalue weighted by molar-refractivity contribution is 0.254. The Morgan fingerprint density at radius 3 is 2.71 bits per heavy atom. The van der Waals surface area contributed by atoms with Crippen molar-refractivity contribution in [1.82, 2.24) is 10.5 Å². The fraction of sp³-hybridized carbons (Fsp3) is 0.786. The van der Waals surface area contributed by atoms with Crippen LogP contribution in [0.4, 0.5) is 0 Å². The van der Waals surface area contributed by atoms with Gasteiger partial charge in [0.1, 0.15) is 5.76 Å². The molecule has 2 atom stereocenters. The lowest BCUT2D eigenvalue weighted by Gasteiger charge is -2.31. The summed E-state index contributed by atoms with van der Waals surface area (Å²) in [6.45, 7) is 7.23. The molecule has 0 radical (unpaired) electrons. The molecule has 1 fully saturated rings. The second-order valence-corrected chi connectivity index (χ2v) is 5.24. The maximum Gasteiger partial charge on any atom is 0.138 e. The molecule has 1 aromatic rings. The van der Waals surface area contributed by atoms with Gasteiger partial charge in [0.05, 0.1) is 5.69 Å². The van der Waals surface area contributed by atoms with Crippen LogP contribution in [0.15, 0.2) is 4.52 Å². The van der Waals surface area contributed by atoms with E-state index in [2.05, 4.69) is 17.4 Å². The monoisotopic (exact) mass is 236 g/mol. The summed E-state index contributed by atoms with van der Waals surface area (Å²) in [7, 11) is 0. The van der Waals surface area contributed by atoms with Crippen LogP contribution in [0.3, 0.4) is 0 Å². The van der Waals surface area contributed by atoms with Crippen LogP contribution in [0, 0.1) is 19.8 Å². The normalized spacial score (nSPS) is 25.1. The maximum absolute atomic E-state index is 5.20. The van der Waals surface area contributed by atoms with E-state index in [9.17, 15) is 0 Å². The van der Waals surface area contributed by atoms with Gasteiger partial charge in [-0.05, 0) is 32.6 Å². The van der Waals surface area contributed by atoms with Gasteiger partial charge in [0.25, 0.3) is 0 Å². The van der Waals surface area contributed by atoms with Gasteiger partial charge in [-0.1, -0.05) is 31.3 Å². The predicted octanol–water partition coefficient (Wildman–Crippen LogP) is 3.35. The van der Waals surface area contributed by atoms with Gasteiger partial charge in [-0.15, -0.1) is 0 Å². The topological polar surface area (TPSA) is 38.1 Å². The summed E-state index contributed by atoms with van der Waals surface area (Å²) in [5.41, 5.74) is 2.27. The van der Waals surface area contributed by atoms with E-state index in [1.807, 2.05) is 13.8 Å². The zero-order valence-corrected chi connectivity index (χ0v) is 11.3. The second kappa shape index (κ2) is 5.67. The molecule has 0 spiro atoms. The van der Waals surface area contributed by atoms with E-state index in [-0.39, 0.29) is 0 Å². The largest absolute Gasteiger partial charge is 0.361 e. The lowest BCUT2D eigenvalue weighted by Crippen LogP contribution is -2.38. The van der Waals surface area contributed by atoms with E-state index in [4.69, 9.17) is 4.52 Å². The van der Waals surface area contributed by atoms with Gasteiger partial charge in [-0.3, -0.25) is 0 Å². The van der Waals surface area contributed by atoms with Gasteiger partial charge in [0, 0.05) is 18.2 Å². The third kappa shape index (κ3) is 2.89. The van der Waals surface area contributed by atoms with Gasteiger partial charge in [0.15, 0.2) is 0 Å². The minimum atomic E-state index is 0.683. The van der Waals surface area contributed by atoms with Crippen molar-refractivity contribution >= 4 is 0 Å². The minimum Gasteiger partial charge on any atom is -0.361 e. The Hall–Kier alpha value is -0.830. The maximum atomic E-state index is 5.20. The fourth-order valence-corrected chi connectivity index (χ4v) is 2.95. The summed E-state index contributed by atoms with van der Waals surface area (Å²) in [6.07, 6.45) is 6.77. The van der Waals surface area contributed by atoms with E-state index >= 15 is 0 Å². The Kier molecular flexibility index (Phi) is 4.21. The molecule has 0 saturated heterocycles.